The fourth-order valence-corrected chi connectivity index (χ4v) is 2.42. The molecule has 0 aliphatic heterocycles. The number of halogens is 2. The lowest BCUT2D eigenvalue weighted by Gasteiger charge is -2.21. The second kappa shape index (κ2) is 6.74. The molecule has 1 amide bonds. The number of hydrogen-bond donors (Lipinski definition) is 1. The Balaban J connectivity index is 2.43. The monoisotopic (exact) mass is 367 g/mol. The van der Waals surface area contributed by atoms with Crippen molar-refractivity contribution in [3.8, 4) is 0 Å². The van der Waals surface area contributed by atoms with Crippen molar-refractivity contribution in [2.24, 2.45) is 0 Å². The van der Waals surface area contributed by atoms with Crippen molar-refractivity contribution in [1.82, 2.24) is 0 Å². The Morgan fingerprint density at radius 3 is 2.43 bits per heavy atom. The van der Waals surface area contributed by atoms with E-state index in [1.807, 2.05) is 0 Å². The van der Waals surface area contributed by atoms with Crippen LogP contribution in [-0.4, -0.2) is 23.5 Å². The van der Waals surface area contributed by atoms with Crippen LogP contribution in [0.3, 0.4) is 0 Å². The highest BCUT2D eigenvalue weighted by Gasteiger charge is 2.22. The molecule has 0 heterocycles. The van der Waals surface area contributed by atoms with Crippen molar-refractivity contribution in [2.45, 2.75) is 0 Å². The largest absolute Gasteiger partial charge is 0.480 e. The number of carbonyl (C=O) groups is 2. The molecule has 0 spiro atoms. The Hall–Kier alpha value is -1.85. The number of anilines is 1. The van der Waals surface area contributed by atoms with E-state index in [-0.39, 0.29) is 0 Å². The lowest BCUT2D eigenvalue weighted by atomic mass is 10.1. The molecule has 0 saturated heterocycles. The molecule has 108 valence electrons. The zero-order chi connectivity index (χ0) is 15.4. The number of benzene rings is 2. The van der Waals surface area contributed by atoms with Gasteiger partial charge in [0.15, 0.2) is 0 Å². The van der Waals surface area contributed by atoms with Crippen molar-refractivity contribution >= 4 is 45.1 Å². The minimum Gasteiger partial charge on any atom is -0.480 e. The first-order valence-electron chi connectivity index (χ1n) is 6.03. The molecule has 0 atom stereocenters. The van der Waals surface area contributed by atoms with Crippen LogP contribution in [-0.2, 0) is 4.79 Å². The second-order valence-corrected chi connectivity index (χ2v) is 5.54. The van der Waals surface area contributed by atoms with Gasteiger partial charge in [-0.3, -0.25) is 14.5 Å². The van der Waals surface area contributed by atoms with Crippen LogP contribution >= 0.6 is 27.5 Å². The summed E-state index contributed by atoms with van der Waals surface area (Å²) in [5.74, 6) is -1.52. The summed E-state index contributed by atoms with van der Waals surface area (Å²) in [6.07, 6.45) is 0. The van der Waals surface area contributed by atoms with Crippen LogP contribution in [0.2, 0.25) is 5.02 Å². The van der Waals surface area contributed by atoms with Gasteiger partial charge in [0.1, 0.15) is 6.54 Å². The lowest BCUT2D eigenvalue weighted by Crippen LogP contribution is -2.35. The summed E-state index contributed by atoms with van der Waals surface area (Å²) in [4.78, 5) is 24.9. The van der Waals surface area contributed by atoms with Crippen LogP contribution in [0, 0.1) is 0 Å². The highest BCUT2D eigenvalue weighted by Crippen LogP contribution is 2.25. The highest BCUT2D eigenvalue weighted by atomic mass is 79.9. The summed E-state index contributed by atoms with van der Waals surface area (Å²) in [5, 5.41) is 9.44. The predicted octanol–water partition coefficient (Wildman–Crippen LogP) is 3.83. The van der Waals surface area contributed by atoms with Crippen molar-refractivity contribution in [3.63, 3.8) is 0 Å². The summed E-state index contributed by atoms with van der Waals surface area (Å²) in [5.41, 5.74) is 0.823. The Labute approximate surface area is 135 Å². The average molecular weight is 369 g/mol. The van der Waals surface area contributed by atoms with E-state index < -0.39 is 18.4 Å². The van der Waals surface area contributed by atoms with Crippen LogP contribution in [0.15, 0.2) is 53.0 Å². The summed E-state index contributed by atoms with van der Waals surface area (Å²) in [7, 11) is 0. The number of carboxylic acid groups (broad SMARTS) is 1. The fourth-order valence-electron chi connectivity index (χ4n) is 1.83. The number of para-hydroxylation sites is 1. The number of rotatable bonds is 4. The molecule has 2 aromatic rings. The molecule has 0 unspecified atom stereocenters. The number of amides is 1. The van der Waals surface area contributed by atoms with Crippen LogP contribution in [0.4, 0.5) is 5.69 Å². The second-order valence-electron chi connectivity index (χ2n) is 4.24. The van der Waals surface area contributed by atoms with E-state index >= 15 is 0 Å². The van der Waals surface area contributed by atoms with Crippen molar-refractivity contribution in [2.75, 3.05) is 11.4 Å². The highest BCUT2D eigenvalue weighted by molar-refractivity contribution is 9.10. The van der Waals surface area contributed by atoms with E-state index in [1.54, 1.807) is 42.5 Å². The van der Waals surface area contributed by atoms with E-state index in [9.17, 15) is 9.59 Å². The number of aliphatic carboxylic acids is 1. The molecule has 0 aliphatic rings. The normalized spacial score (nSPS) is 10.2. The van der Waals surface area contributed by atoms with E-state index in [1.165, 1.54) is 11.0 Å². The standard InChI is InChI=1S/C15H11BrClNO3/c16-13-7-6-10(17)8-12(13)15(21)18(9-14(19)20)11-4-2-1-3-5-11/h1-8H,9H2,(H,19,20). The van der Waals surface area contributed by atoms with Gasteiger partial charge in [0.25, 0.3) is 5.91 Å². The number of carbonyl (C=O) groups excluding carboxylic acids is 1. The minimum absolute atomic E-state index is 0.313. The van der Waals surface area contributed by atoms with E-state index in [2.05, 4.69) is 15.9 Å². The van der Waals surface area contributed by atoms with E-state index in [4.69, 9.17) is 16.7 Å². The van der Waals surface area contributed by atoms with Crippen LogP contribution < -0.4 is 4.90 Å². The average Bonchev–Trinajstić information content (AvgIpc) is 2.47. The third-order valence-corrected chi connectivity index (χ3v) is 3.69. The number of carboxylic acids is 1. The summed E-state index contributed by atoms with van der Waals surface area (Å²) < 4.78 is 0.559. The molecule has 21 heavy (non-hydrogen) atoms. The maximum absolute atomic E-state index is 12.6. The van der Waals surface area contributed by atoms with Gasteiger partial charge >= 0.3 is 5.97 Å². The molecule has 6 heteroatoms. The van der Waals surface area contributed by atoms with Gasteiger partial charge in [-0.1, -0.05) is 29.8 Å². The molecule has 4 nitrogen and oxygen atoms in total. The Morgan fingerprint density at radius 2 is 1.81 bits per heavy atom. The quantitative estimate of drug-likeness (QED) is 0.892. The first kappa shape index (κ1) is 15.5. The van der Waals surface area contributed by atoms with Gasteiger partial charge in [-0.05, 0) is 46.3 Å². The maximum atomic E-state index is 12.6. The topological polar surface area (TPSA) is 57.6 Å². The zero-order valence-electron chi connectivity index (χ0n) is 10.8. The summed E-state index contributed by atoms with van der Waals surface area (Å²) in [6, 6.07) is 13.4. The smallest absolute Gasteiger partial charge is 0.323 e. The van der Waals surface area contributed by atoms with Crippen molar-refractivity contribution in [3.05, 3.63) is 63.6 Å². The first-order chi connectivity index (χ1) is 9.99. The van der Waals surface area contributed by atoms with E-state index in [0.717, 1.165) is 0 Å². The molecule has 0 aromatic heterocycles. The van der Waals surface area contributed by atoms with Gasteiger partial charge in [-0.15, -0.1) is 0 Å². The predicted molar refractivity (Wildman–Crippen MR) is 84.9 cm³/mol. The SMILES string of the molecule is O=C(O)CN(C(=O)c1cc(Cl)ccc1Br)c1ccccc1. The molecule has 0 saturated carbocycles. The number of nitrogens with zero attached hydrogens (tertiary/aromatic N) is 1. The van der Waals surface area contributed by atoms with Gasteiger partial charge < -0.3 is 5.11 Å². The summed E-state index contributed by atoms with van der Waals surface area (Å²) >= 11 is 9.19. The first-order valence-corrected chi connectivity index (χ1v) is 7.20. The third kappa shape index (κ3) is 3.83. The molecule has 0 fully saturated rings. The molecule has 2 aromatic carbocycles. The number of hydrogen-bond acceptors (Lipinski definition) is 2. The molecule has 0 radical (unpaired) electrons. The van der Waals surface area contributed by atoms with Crippen LogP contribution in [0.25, 0.3) is 0 Å². The third-order valence-electron chi connectivity index (χ3n) is 2.77. The van der Waals surface area contributed by atoms with Crippen LogP contribution in [0.1, 0.15) is 10.4 Å². The molecular formula is C15H11BrClNO3. The van der Waals surface area contributed by atoms with E-state index in [0.29, 0.717) is 20.7 Å². The van der Waals surface area contributed by atoms with Gasteiger partial charge in [0.2, 0.25) is 0 Å². The Bertz CT molecular complexity index is 676. The minimum atomic E-state index is -1.09. The Kier molecular flexibility index (Phi) is 4.98. The van der Waals surface area contributed by atoms with Gasteiger partial charge in [0.05, 0.1) is 5.56 Å². The zero-order valence-corrected chi connectivity index (χ0v) is 13.1. The van der Waals surface area contributed by atoms with Gasteiger partial charge in [0, 0.05) is 15.2 Å². The fraction of sp³-hybridized carbons (Fsp3) is 0.0667. The lowest BCUT2D eigenvalue weighted by molar-refractivity contribution is -0.135. The van der Waals surface area contributed by atoms with Crippen LogP contribution in [0.5, 0.6) is 0 Å². The molecule has 0 aliphatic carbocycles. The van der Waals surface area contributed by atoms with Crippen molar-refractivity contribution in [1.29, 1.82) is 0 Å². The Morgan fingerprint density at radius 1 is 1.14 bits per heavy atom. The van der Waals surface area contributed by atoms with Gasteiger partial charge in [-0.25, -0.2) is 0 Å². The van der Waals surface area contributed by atoms with Crippen molar-refractivity contribution < 1.29 is 14.7 Å². The maximum Gasteiger partial charge on any atom is 0.323 e. The molecule has 2 rings (SSSR count). The molecular weight excluding hydrogens is 358 g/mol. The summed E-state index contributed by atoms with van der Waals surface area (Å²) in [6.45, 7) is -0.429. The molecule has 0 bridgehead atoms. The molecule has 1 N–H and O–H groups in total. The van der Waals surface area contributed by atoms with Gasteiger partial charge in [-0.2, -0.15) is 0 Å².